The van der Waals surface area contributed by atoms with Crippen LogP contribution in [0.5, 0.6) is 23.1 Å². The van der Waals surface area contributed by atoms with E-state index in [2.05, 4.69) is 75.1 Å². The standard InChI is InChI=1S/C33H37N5O2.Pt/c1-20(2)30-31(21(3)4)37-19-27(39-26-12-10-11-25(17-26)38-23(6)15-22(5)36-38)18-28(32(37)35-30)40-29-16-24(13-14-34-29)33(7,8)9;/h10-16,19-21H,1-9H3;/q-2;+2. The zero-order valence-corrected chi connectivity index (χ0v) is 27.4. The smallest absolute Gasteiger partial charge is 0.508 e. The minimum Gasteiger partial charge on any atom is -0.508 e. The molecule has 41 heavy (non-hydrogen) atoms. The van der Waals surface area contributed by atoms with Crippen LogP contribution in [-0.2, 0) is 26.5 Å². The molecule has 0 aliphatic rings. The van der Waals surface area contributed by atoms with Crippen molar-refractivity contribution in [1.82, 2.24) is 24.1 Å². The predicted octanol–water partition coefficient (Wildman–Crippen LogP) is 8.26. The third kappa shape index (κ3) is 6.41. The number of hydrogen-bond donors (Lipinski definition) is 0. The summed E-state index contributed by atoms with van der Waals surface area (Å²) in [6.45, 7) is 19.2. The van der Waals surface area contributed by atoms with Crippen molar-refractivity contribution in [3.05, 3.63) is 89.3 Å². The molecule has 5 rings (SSSR count). The van der Waals surface area contributed by atoms with Gasteiger partial charge in [-0.2, -0.15) is 11.2 Å². The molecule has 0 aliphatic carbocycles. The van der Waals surface area contributed by atoms with Crippen molar-refractivity contribution in [2.75, 3.05) is 0 Å². The third-order valence-corrected chi connectivity index (χ3v) is 6.77. The summed E-state index contributed by atoms with van der Waals surface area (Å²) in [5, 5.41) is 4.59. The Morgan fingerprint density at radius 3 is 2.29 bits per heavy atom. The molecule has 0 unspecified atom stereocenters. The van der Waals surface area contributed by atoms with Crippen LogP contribution in [-0.4, -0.2) is 24.1 Å². The van der Waals surface area contributed by atoms with Crippen molar-refractivity contribution in [1.29, 1.82) is 0 Å². The average Bonchev–Trinajstić information content (AvgIpc) is 3.43. The van der Waals surface area contributed by atoms with Gasteiger partial charge in [-0.1, -0.05) is 60.7 Å². The summed E-state index contributed by atoms with van der Waals surface area (Å²) in [6, 6.07) is 18.5. The molecule has 7 nitrogen and oxygen atoms in total. The number of aryl methyl sites for hydroxylation is 2. The molecule has 8 heteroatoms. The van der Waals surface area contributed by atoms with Gasteiger partial charge in [-0.3, -0.25) is 9.67 Å². The minimum atomic E-state index is -0.0414. The van der Waals surface area contributed by atoms with Crippen LogP contribution in [0.25, 0.3) is 11.3 Å². The number of ether oxygens (including phenoxy) is 2. The molecule has 0 amide bonds. The van der Waals surface area contributed by atoms with Gasteiger partial charge >= 0.3 is 21.1 Å². The van der Waals surface area contributed by atoms with Gasteiger partial charge in [0.15, 0.2) is 0 Å². The molecule has 0 N–H and O–H groups in total. The summed E-state index contributed by atoms with van der Waals surface area (Å²) in [4.78, 5) is 9.51. The van der Waals surface area contributed by atoms with Gasteiger partial charge in [-0.05, 0) is 54.5 Å². The first-order valence-corrected chi connectivity index (χ1v) is 13.8. The maximum atomic E-state index is 6.39. The molecule has 0 bridgehead atoms. The minimum absolute atomic E-state index is 0. The zero-order valence-electron chi connectivity index (χ0n) is 25.1. The fraction of sp³-hybridized carbons (Fsp3) is 0.364. The predicted molar refractivity (Wildman–Crippen MR) is 157 cm³/mol. The van der Waals surface area contributed by atoms with Crippen molar-refractivity contribution in [2.45, 2.75) is 79.6 Å². The third-order valence-electron chi connectivity index (χ3n) is 6.77. The molecule has 0 fully saturated rings. The molecule has 0 radical (unpaired) electrons. The molecule has 0 saturated heterocycles. The normalized spacial score (nSPS) is 11.8. The summed E-state index contributed by atoms with van der Waals surface area (Å²) >= 11 is 0. The van der Waals surface area contributed by atoms with Crippen LogP contribution >= 0.6 is 0 Å². The summed E-state index contributed by atoms with van der Waals surface area (Å²) in [7, 11) is 0. The monoisotopic (exact) mass is 730 g/mol. The Balaban J connectivity index is 0.00000387. The first kappa shape index (κ1) is 30.5. The van der Waals surface area contributed by atoms with Crippen LogP contribution in [0.2, 0.25) is 0 Å². The second-order valence-corrected chi connectivity index (χ2v) is 11.9. The average molecular weight is 731 g/mol. The number of imidazole rings is 1. The molecule has 0 aliphatic heterocycles. The van der Waals surface area contributed by atoms with Crippen LogP contribution in [0.3, 0.4) is 0 Å². The molecule has 4 heterocycles. The van der Waals surface area contributed by atoms with Crippen LogP contribution in [0, 0.1) is 26.0 Å². The molecule has 0 spiro atoms. The molecule has 5 aromatic rings. The first-order chi connectivity index (χ1) is 18.9. The fourth-order valence-corrected chi connectivity index (χ4v) is 4.84. The quantitative estimate of drug-likeness (QED) is 0.158. The maximum Gasteiger partial charge on any atom is 2.00 e. The van der Waals surface area contributed by atoms with Gasteiger partial charge in [0.25, 0.3) is 0 Å². The van der Waals surface area contributed by atoms with E-state index in [1.165, 1.54) is 0 Å². The van der Waals surface area contributed by atoms with E-state index < -0.39 is 0 Å². The number of pyridine rings is 2. The van der Waals surface area contributed by atoms with Gasteiger partial charge in [0.1, 0.15) is 0 Å². The van der Waals surface area contributed by atoms with E-state index in [1.54, 1.807) is 6.20 Å². The van der Waals surface area contributed by atoms with Gasteiger partial charge in [0.05, 0.1) is 17.1 Å². The number of rotatable bonds is 7. The van der Waals surface area contributed by atoms with Crippen molar-refractivity contribution in [3.8, 4) is 28.8 Å². The van der Waals surface area contributed by atoms with E-state index in [9.17, 15) is 0 Å². The Kier molecular flexibility index (Phi) is 8.79. The van der Waals surface area contributed by atoms with Gasteiger partial charge in [0, 0.05) is 40.8 Å². The van der Waals surface area contributed by atoms with Crippen LogP contribution in [0.4, 0.5) is 0 Å². The second-order valence-electron chi connectivity index (χ2n) is 11.9. The van der Waals surface area contributed by atoms with Gasteiger partial charge < -0.3 is 13.9 Å². The van der Waals surface area contributed by atoms with E-state index in [1.807, 2.05) is 61.1 Å². The molecular formula is C33H37N5O2Pt. The van der Waals surface area contributed by atoms with E-state index in [0.29, 0.717) is 28.8 Å². The Hall–Kier alpha value is -3.44. The zero-order chi connectivity index (χ0) is 28.8. The van der Waals surface area contributed by atoms with Gasteiger partial charge in [-0.15, -0.1) is 18.2 Å². The van der Waals surface area contributed by atoms with Crippen molar-refractivity contribution >= 4 is 5.65 Å². The molecule has 216 valence electrons. The van der Waals surface area contributed by atoms with Gasteiger partial charge in [0.2, 0.25) is 5.88 Å². The second kappa shape index (κ2) is 11.8. The Labute approximate surface area is 257 Å². The van der Waals surface area contributed by atoms with Crippen LogP contribution in [0.1, 0.15) is 88.6 Å². The topological polar surface area (TPSA) is 66.5 Å². The Morgan fingerprint density at radius 2 is 1.66 bits per heavy atom. The summed E-state index contributed by atoms with van der Waals surface area (Å²) in [5.74, 6) is 2.46. The van der Waals surface area contributed by atoms with E-state index >= 15 is 0 Å². The number of nitrogens with zero attached hydrogens (tertiary/aromatic N) is 5. The first-order valence-electron chi connectivity index (χ1n) is 13.8. The van der Waals surface area contributed by atoms with E-state index in [0.717, 1.165) is 34.0 Å². The number of benzene rings is 1. The van der Waals surface area contributed by atoms with E-state index in [4.69, 9.17) is 14.5 Å². The number of aromatic nitrogens is 5. The number of hydrogen-bond acceptors (Lipinski definition) is 5. The Bertz CT molecular complexity index is 1680. The van der Waals surface area contributed by atoms with Crippen molar-refractivity contribution in [3.63, 3.8) is 0 Å². The van der Waals surface area contributed by atoms with E-state index in [-0.39, 0.29) is 38.3 Å². The molecule has 4 aromatic heterocycles. The van der Waals surface area contributed by atoms with Crippen molar-refractivity contribution in [2.24, 2.45) is 0 Å². The summed E-state index contributed by atoms with van der Waals surface area (Å²) in [5.41, 5.74) is 6.70. The number of fused-ring (bicyclic) bond motifs is 1. The SMILES string of the molecule is Cc1cc(C)n(-c2[c-]c(Oc3[c-]c(Oc4cc(C(C)(C)C)ccn4)c4nc(C(C)C)c(C(C)C)n4c3)ccc2)n1.[Pt+2]. The van der Waals surface area contributed by atoms with Gasteiger partial charge in [-0.25, -0.2) is 4.98 Å². The molecule has 0 saturated carbocycles. The van der Waals surface area contributed by atoms with Crippen LogP contribution in [0.15, 0.2) is 48.8 Å². The largest absolute Gasteiger partial charge is 2.00 e. The van der Waals surface area contributed by atoms with Crippen LogP contribution < -0.4 is 9.47 Å². The summed E-state index contributed by atoms with van der Waals surface area (Å²) in [6.07, 6.45) is 3.71. The molecule has 0 atom stereocenters. The maximum absolute atomic E-state index is 6.39. The van der Waals surface area contributed by atoms with Crippen molar-refractivity contribution < 1.29 is 30.5 Å². The Morgan fingerprint density at radius 1 is 0.902 bits per heavy atom. The molecule has 1 aromatic carbocycles. The fourth-order valence-electron chi connectivity index (χ4n) is 4.84. The summed E-state index contributed by atoms with van der Waals surface area (Å²) < 4.78 is 16.7. The molecular weight excluding hydrogens is 693 g/mol.